The molecule has 0 saturated carbocycles. The molecule has 0 spiro atoms. The summed E-state index contributed by atoms with van der Waals surface area (Å²) < 4.78 is 0. The minimum absolute atomic E-state index is 0.132. The van der Waals surface area contributed by atoms with Gasteiger partial charge in [0.15, 0.2) is 0 Å². The molecule has 2 atom stereocenters. The second kappa shape index (κ2) is 4.89. The lowest BCUT2D eigenvalue weighted by Gasteiger charge is -2.27. The van der Waals surface area contributed by atoms with Gasteiger partial charge in [0.05, 0.1) is 11.3 Å². The van der Waals surface area contributed by atoms with Gasteiger partial charge in [-0.05, 0) is 31.4 Å². The highest BCUT2D eigenvalue weighted by atomic mass is 32.2. The van der Waals surface area contributed by atoms with Crippen molar-refractivity contribution in [3.63, 3.8) is 0 Å². The van der Waals surface area contributed by atoms with E-state index in [-0.39, 0.29) is 17.2 Å². The van der Waals surface area contributed by atoms with E-state index in [4.69, 9.17) is 5.26 Å². The van der Waals surface area contributed by atoms with Crippen molar-refractivity contribution >= 4 is 17.7 Å². The van der Waals surface area contributed by atoms with E-state index in [9.17, 15) is 4.79 Å². The fourth-order valence-corrected chi connectivity index (χ4v) is 3.55. The minimum Gasteiger partial charge on any atom is -0.326 e. The molecule has 0 bridgehead atoms. The molecule has 2 heterocycles. The molecule has 2 saturated heterocycles. The summed E-state index contributed by atoms with van der Waals surface area (Å²) in [5, 5.41) is 9.07. The molecule has 3 nitrogen and oxygen atoms in total. The van der Waals surface area contributed by atoms with Crippen molar-refractivity contribution < 1.29 is 4.79 Å². The standard InChI is InChI=1S/C11H16N2OS/c12-8-9-4-3-6-13(9)11(14)10-5-1-2-7-15-10/h9-10H,1-7H2. The van der Waals surface area contributed by atoms with E-state index in [1.807, 2.05) is 0 Å². The summed E-state index contributed by atoms with van der Waals surface area (Å²) in [4.78, 5) is 13.9. The van der Waals surface area contributed by atoms with Gasteiger partial charge in [-0.1, -0.05) is 6.42 Å². The Bertz CT molecular complexity index is 281. The second-order valence-corrected chi connectivity index (χ2v) is 5.48. The van der Waals surface area contributed by atoms with E-state index >= 15 is 0 Å². The zero-order valence-electron chi connectivity index (χ0n) is 8.82. The van der Waals surface area contributed by atoms with E-state index in [1.165, 1.54) is 6.42 Å². The van der Waals surface area contributed by atoms with E-state index in [2.05, 4.69) is 6.07 Å². The van der Waals surface area contributed by atoms with Crippen molar-refractivity contribution in [1.82, 2.24) is 4.90 Å². The topological polar surface area (TPSA) is 44.1 Å². The SMILES string of the molecule is N#CC1CCCN1C(=O)C1CCCCS1. The molecule has 0 aromatic heterocycles. The van der Waals surface area contributed by atoms with Gasteiger partial charge in [-0.25, -0.2) is 0 Å². The number of likely N-dealkylation sites (tertiary alicyclic amines) is 1. The molecule has 15 heavy (non-hydrogen) atoms. The van der Waals surface area contributed by atoms with Crippen molar-refractivity contribution in [2.24, 2.45) is 0 Å². The van der Waals surface area contributed by atoms with Crippen LogP contribution in [0.4, 0.5) is 0 Å². The van der Waals surface area contributed by atoms with Gasteiger partial charge in [0.2, 0.25) is 5.91 Å². The van der Waals surface area contributed by atoms with Gasteiger partial charge in [-0.3, -0.25) is 4.79 Å². The summed E-state index contributed by atoms with van der Waals surface area (Å²) in [6.07, 6.45) is 5.24. The summed E-state index contributed by atoms with van der Waals surface area (Å²) in [6.45, 7) is 0.786. The number of thioether (sulfide) groups is 1. The van der Waals surface area contributed by atoms with E-state index in [0.717, 1.165) is 38.0 Å². The lowest BCUT2D eigenvalue weighted by Crippen LogP contribution is -2.41. The molecule has 4 heteroatoms. The van der Waals surface area contributed by atoms with Crippen LogP contribution in [0.1, 0.15) is 32.1 Å². The van der Waals surface area contributed by atoms with Crippen molar-refractivity contribution in [3.8, 4) is 6.07 Å². The molecule has 2 rings (SSSR count). The Morgan fingerprint density at radius 1 is 1.33 bits per heavy atom. The number of carbonyl (C=O) groups excluding carboxylic acids is 1. The molecule has 0 radical (unpaired) electrons. The van der Waals surface area contributed by atoms with Crippen molar-refractivity contribution in [3.05, 3.63) is 0 Å². The zero-order valence-corrected chi connectivity index (χ0v) is 9.63. The smallest absolute Gasteiger partial charge is 0.236 e. The molecule has 82 valence electrons. The number of nitrogens with zero attached hydrogens (tertiary/aromatic N) is 2. The van der Waals surface area contributed by atoms with Crippen LogP contribution in [0, 0.1) is 11.3 Å². The van der Waals surface area contributed by atoms with Gasteiger partial charge in [0.25, 0.3) is 0 Å². The first-order valence-electron chi connectivity index (χ1n) is 5.64. The first-order valence-corrected chi connectivity index (χ1v) is 6.69. The summed E-state index contributed by atoms with van der Waals surface area (Å²) in [6, 6.07) is 2.08. The molecular formula is C11H16N2OS. The molecule has 2 fully saturated rings. The third-order valence-corrected chi connectivity index (χ3v) is 4.50. The number of carbonyl (C=O) groups is 1. The summed E-state index contributed by atoms with van der Waals surface area (Å²) in [5.41, 5.74) is 0. The van der Waals surface area contributed by atoms with Gasteiger partial charge in [-0.2, -0.15) is 5.26 Å². The zero-order chi connectivity index (χ0) is 10.7. The normalized spacial score (nSPS) is 31.3. The molecule has 0 aromatic rings. The molecule has 2 unspecified atom stereocenters. The fourth-order valence-electron chi connectivity index (χ4n) is 2.29. The molecule has 2 aliphatic heterocycles. The Kier molecular flexibility index (Phi) is 3.53. The van der Waals surface area contributed by atoms with Crippen LogP contribution in [-0.2, 0) is 4.79 Å². The van der Waals surface area contributed by atoms with Crippen LogP contribution in [-0.4, -0.2) is 34.4 Å². The fraction of sp³-hybridized carbons (Fsp3) is 0.818. The lowest BCUT2D eigenvalue weighted by molar-refractivity contribution is -0.130. The Morgan fingerprint density at radius 3 is 2.87 bits per heavy atom. The Hall–Kier alpha value is -0.690. The van der Waals surface area contributed by atoms with Gasteiger partial charge in [-0.15, -0.1) is 11.8 Å². The quantitative estimate of drug-likeness (QED) is 0.682. The number of nitriles is 1. The highest BCUT2D eigenvalue weighted by molar-refractivity contribution is 8.00. The predicted molar refractivity (Wildman–Crippen MR) is 60.4 cm³/mol. The number of amides is 1. The minimum atomic E-state index is -0.153. The molecule has 0 N–H and O–H groups in total. The highest BCUT2D eigenvalue weighted by Crippen LogP contribution is 2.29. The van der Waals surface area contributed by atoms with Crippen LogP contribution < -0.4 is 0 Å². The Labute approximate surface area is 94.8 Å². The lowest BCUT2D eigenvalue weighted by atomic mass is 10.1. The van der Waals surface area contributed by atoms with E-state index in [1.54, 1.807) is 16.7 Å². The Balaban J connectivity index is 1.97. The monoisotopic (exact) mass is 224 g/mol. The van der Waals surface area contributed by atoms with Crippen molar-refractivity contribution in [2.45, 2.75) is 43.4 Å². The Morgan fingerprint density at radius 2 is 2.20 bits per heavy atom. The maximum absolute atomic E-state index is 12.1. The molecule has 0 aliphatic carbocycles. The first-order chi connectivity index (χ1) is 7.33. The summed E-state index contributed by atoms with van der Waals surface area (Å²) in [5.74, 6) is 1.31. The largest absolute Gasteiger partial charge is 0.326 e. The van der Waals surface area contributed by atoms with E-state index in [0.29, 0.717) is 0 Å². The van der Waals surface area contributed by atoms with Gasteiger partial charge < -0.3 is 4.90 Å². The van der Waals surface area contributed by atoms with Crippen LogP contribution in [0.5, 0.6) is 0 Å². The summed E-state index contributed by atoms with van der Waals surface area (Å²) >= 11 is 1.77. The molecule has 2 aliphatic rings. The van der Waals surface area contributed by atoms with Gasteiger partial charge >= 0.3 is 0 Å². The van der Waals surface area contributed by atoms with Crippen LogP contribution in [0.2, 0.25) is 0 Å². The predicted octanol–water partition coefficient (Wildman–Crippen LogP) is 1.79. The second-order valence-electron chi connectivity index (χ2n) is 4.17. The van der Waals surface area contributed by atoms with Gasteiger partial charge in [0, 0.05) is 6.54 Å². The first kappa shape index (κ1) is 10.8. The summed E-state index contributed by atoms with van der Waals surface area (Å²) in [7, 11) is 0. The van der Waals surface area contributed by atoms with Gasteiger partial charge in [0.1, 0.15) is 6.04 Å². The van der Waals surface area contributed by atoms with E-state index < -0.39 is 0 Å². The maximum Gasteiger partial charge on any atom is 0.236 e. The van der Waals surface area contributed by atoms with Crippen LogP contribution >= 0.6 is 11.8 Å². The van der Waals surface area contributed by atoms with Crippen LogP contribution in [0.15, 0.2) is 0 Å². The maximum atomic E-state index is 12.1. The molecular weight excluding hydrogens is 208 g/mol. The average Bonchev–Trinajstić information content (AvgIpc) is 2.77. The third-order valence-electron chi connectivity index (χ3n) is 3.14. The van der Waals surface area contributed by atoms with Crippen molar-refractivity contribution in [2.75, 3.05) is 12.3 Å². The highest BCUT2D eigenvalue weighted by Gasteiger charge is 2.33. The number of hydrogen-bond donors (Lipinski definition) is 0. The van der Waals surface area contributed by atoms with Crippen LogP contribution in [0.25, 0.3) is 0 Å². The third kappa shape index (κ3) is 2.28. The van der Waals surface area contributed by atoms with Crippen molar-refractivity contribution in [1.29, 1.82) is 5.26 Å². The molecule has 1 amide bonds. The van der Waals surface area contributed by atoms with Crippen LogP contribution in [0.3, 0.4) is 0 Å². The average molecular weight is 224 g/mol. The molecule has 0 aromatic carbocycles. The number of rotatable bonds is 1. The number of hydrogen-bond acceptors (Lipinski definition) is 3.